The van der Waals surface area contributed by atoms with E-state index in [4.69, 9.17) is 46.9 Å². The van der Waals surface area contributed by atoms with E-state index in [0.717, 1.165) is 128 Å². The van der Waals surface area contributed by atoms with Gasteiger partial charge in [0.2, 0.25) is 0 Å². The third-order valence-corrected chi connectivity index (χ3v) is 25.1. The number of hydrogen-bond acceptors (Lipinski definition) is 24. The number of phosphoric ester groups is 1. The van der Waals surface area contributed by atoms with Gasteiger partial charge in [0.05, 0.1) is 13.2 Å². The highest BCUT2D eigenvalue weighted by Gasteiger charge is 2.60. The Morgan fingerprint density at radius 1 is 0.303 bits per heavy atom. The summed E-state index contributed by atoms with van der Waals surface area (Å²) >= 11 is 0. The Morgan fingerprint density at radius 3 is 0.916 bits per heavy atom. The van der Waals surface area contributed by atoms with Crippen LogP contribution >= 0.6 is 7.82 Å². The van der Waals surface area contributed by atoms with Crippen molar-refractivity contribution in [2.24, 2.45) is 0 Å². The van der Waals surface area contributed by atoms with E-state index in [1.165, 1.54) is 225 Å². The molecular formula is C93H175O25P. The number of phosphoric acid groups is 1. The van der Waals surface area contributed by atoms with Gasteiger partial charge in [0.25, 0.3) is 0 Å². The van der Waals surface area contributed by atoms with Crippen molar-refractivity contribution in [3.05, 3.63) is 0 Å². The summed E-state index contributed by atoms with van der Waals surface area (Å²) in [6.45, 7) is 5.66. The highest BCUT2D eigenvalue weighted by Crippen LogP contribution is 2.49. The Labute approximate surface area is 719 Å². The third-order valence-electron chi connectivity index (χ3n) is 24.1. The molecule has 2 saturated heterocycles. The molecule has 25 nitrogen and oxygen atoms in total. The maximum absolute atomic E-state index is 14.9. The normalized spacial score (nSPS) is 24.8. The van der Waals surface area contributed by atoms with E-state index in [-0.39, 0.29) is 25.7 Å². The fraction of sp³-hybridized carbons (Fsp3) is 0.957. The molecule has 2 aliphatic heterocycles. The highest BCUT2D eigenvalue weighted by atomic mass is 31.2. The van der Waals surface area contributed by atoms with Crippen molar-refractivity contribution in [2.75, 3.05) is 26.4 Å². The van der Waals surface area contributed by atoms with E-state index < -0.39 is 162 Å². The van der Waals surface area contributed by atoms with Crippen LogP contribution in [0.5, 0.6) is 0 Å². The number of aliphatic hydroxyl groups excluding tert-OH is 9. The summed E-state index contributed by atoms with van der Waals surface area (Å²) in [6.07, 6.45) is 30.7. The van der Waals surface area contributed by atoms with Gasteiger partial charge in [-0.1, -0.05) is 387 Å². The summed E-state index contributed by atoms with van der Waals surface area (Å²) in [5.41, 5.74) is 0. The number of ether oxygens (including phenoxy) is 8. The van der Waals surface area contributed by atoms with Gasteiger partial charge in [-0.25, -0.2) is 4.57 Å². The molecule has 26 heteroatoms. The van der Waals surface area contributed by atoms with Crippen LogP contribution in [0.4, 0.5) is 0 Å². The molecular weight excluding hydrogens is 1550 g/mol. The lowest BCUT2D eigenvalue weighted by atomic mass is 9.84. The molecule has 1 saturated carbocycles. The number of unbranched alkanes of at least 4 members (excludes halogenated alkanes) is 56. The first-order chi connectivity index (χ1) is 57.7. The minimum atomic E-state index is -5.80. The Balaban J connectivity index is 1.90. The van der Waals surface area contributed by atoms with Crippen molar-refractivity contribution in [1.29, 1.82) is 0 Å². The van der Waals surface area contributed by atoms with E-state index in [9.17, 15) is 74.6 Å². The van der Waals surface area contributed by atoms with Crippen molar-refractivity contribution in [3.8, 4) is 0 Å². The molecule has 18 unspecified atom stereocenters. The molecule has 1 aliphatic carbocycles. The lowest BCUT2D eigenvalue weighted by Gasteiger charge is -2.50. The van der Waals surface area contributed by atoms with Crippen LogP contribution in [-0.2, 0) is 70.7 Å². The fourth-order valence-electron chi connectivity index (χ4n) is 16.4. The number of carbonyl (C=O) groups is 4. The first kappa shape index (κ1) is 111. The molecule has 18 atom stereocenters. The predicted octanol–water partition coefficient (Wildman–Crippen LogP) is 18.6. The summed E-state index contributed by atoms with van der Waals surface area (Å²) in [6, 6.07) is 0. The smallest absolute Gasteiger partial charge is 0.463 e. The fourth-order valence-corrected chi connectivity index (χ4v) is 17.3. The summed E-state index contributed by atoms with van der Waals surface area (Å²) in [7, 11) is -5.80. The van der Waals surface area contributed by atoms with Crippen LogP contribution in [0.2, 0.25) is 0 Å². The second kappa shape index (κ2) is 72.5. The van der Waals surface area contributed by atoms with E-state index in [2.05, 4.69) is 27.7 Å². The Hall–Kier alpha value is -2.53. The lowest BCUT2D eigenvalue weighted by molar-refractivity contribution is -0.360. The van der Waals surface area contributed by atoms with Crippen LogP contribution < -0.4 is 0 Å². The average molecular weight is 1720 g/mol. The molecule has 0 aromatic carbocycles. The van der Waals surface area contributed by atoms with Gasteiger partial charge in [-0.2, -0.15) is 0 Å². The summed E-state index contributed by atoms with van der Waals surface area (Å²) in [5.74, 6) is -2.94. The van der Waals surface area contributed by atoms with E-state index in [1.54, 1.807) is 0 Å². The van der Waals surface area contributed by atoms with Crippen LogP contribution in [0.1, 0.15) is 439 Å². The van der Waals surface area contributed by atoms with Gasteiger partial charge < -0.3 is 88.7 Å². The van der Waals surface area contributed by atoms with Gasteiger partial charge in [-0.05, 0) is 25.7 Å². The van der Waals surface area contributed by atoms with Crippen molar-refractivity contribution in [3.63, 3.8) is 0 Å². The zero-order valence-corrected chi connectivity index (χ0v) is 75.8. The van der Waals surface area contributed by atoms with Crippen LogP contribution in [0.3, 0.4) is 0 Å². The van der Waals surface area contributed by atoms with Crippen LogP contribution in [0.25, 0.3) is 0 Å². The first-order valence-corrected chi connectivity index (χ1v) is 50.3. The maximum Gasteiger partial charge on any atom is 0.472 e. The van der Waals surface area contributed by atoms with Gasteiger partial charge in [0.15, 0.2) is 24.8 Å². The average Bonchev–Trinajstić information content (AvgIpc) is 0.754. The van der Waals surface area contributed by atoms with Crippen molar-refractivity contribution in [1.82, 2.24) is 0 Å². The van der Waals surface area contributed by atoms with Crippen LogP contribution in [0.15, 0.2) is 0 Å². The second-order valence-electron chi connectivity index (χ2n) is 35.0. The molecule has 2 heterocycles. The standard InChI is InChI=1S/C93H175O25P/c1-5-9-13-17-21-25-29-33-36-39-43-47-51-55-59-63-67-78(97)112-73(70-109-76(95)65-61-57-53-49-46-42-38-35-31-27-23-19-15-11-7-3)71-111-119(107,108)118-91-89(116-92-86(105)82(101)80(99)74(69-94)113-92)85(104)84(103)88(115-79(98)68-64-60-56-52-48-44-40-37-34-30-26-22-18-14-10-6-2)90(91)117-93-87(106)83(102)81(100)75(114-93)72-110-77(96)66-62-58-54-50-45-41-32-28-24-20-16-12-8-4/h73-75,80-94,99-106H,5-72H2,1-4H3,(H,107,108). The molecule has 702 valence electrons. The number of rotatable bonds is 80. The van der Waals surface area contributed by atoms with Gasteiger partial charge >= 0.3 is 31.7 Å². The minimum Gasteiger partial charge on any atom is -0.463 e. The quantitative estimate of drug-likeness (QED) is 0.0117. The molecule has 0 aromatic rings. The Bertz CT molecular complexity index is 2470. The van der Waals surface area contributed by atoms with Gasteiger partial charge in [-0.3, -0.25) is 28.2 Å². The molecule has 3 fully saturated rings. The number of hydrogen-bond donors (Lipinski definition) is 10. The molecule has 3 rings (SSSR count). The maximum atomic E-state index is 14.9. The van der Waals surface area contributed by atoms with Gasteiger partial charge in [0, 0.05) is 25.7 Å². The summed E-state index contributed by atoms with van der Waals surface area (Å²) < 4.78 is 73.6. The monoisotopic (exact) mass is 1720 g/mol. The lowest BCUT2D eigenvalue weighted by Crippen LogP contribution is -2.70. The van der Waals surface area contributed by atoms with Crippen LogP contribution in [-0.4, -0.2) is 205 Å². The third kappa shape index (κ3) is 52.4. The van der Waals surface area contributed by atoms with E-state index >= 15 is 0 Å². The van der Waals surface area contributed by atoms with Crippen molar-refractivity contribution < 1.29 is 122 Å². The molecule has 3 aliphatic rings. The summed E-state index contributed by atoms with van der Waals surface area (Å²) in [4.78, 5) is 66.6. The molecule has 0 spiro atoms. The molecule has 10 N–H and O–H groups in total. The van der Waals surface area contributed by atoms with Gasteiger partial charge in [-0.15, -0.1) is 0 Å². The van der Waals surface area contributed by atoms with Gasteiger partial charge in [0.1, 0.15) is 92.6 Å². The molecule has 0 aromatic heterocycles. The zero-order valence-electron chi connectivity index (χ0n) is 74.9. The Morgan fingerprint density at radius 2 is 0.580 bits per heavy atom. The summed E-state index contributed by atoms with van der Waals surface area (Å²) in [5, 5.41) is 102. The first-order valence-electron chi connectivity index (χ1n) is 48.8. The van der Waals surface area contributed by atoms with Crippen LogP contribution in [0, 0.1) is 0 Å². The molecule has 119 heavy (non-hydrogen) atoms. The Kier molecular flexibility index (Phi) is 67.4. The zero-order chi connectivity index (χ0) is 86.8. The van der Waals surface area contributed by atoms with Crippen molar-refractivity contribution >= 4 is 31.7 Å². The molecule has 0 bridgehead atoms. The SMILES string of the molecule is CCCCCCCCCCCCCCCCCCC(=O)OC(COC(=O)CCCCCCCCCCCCCCCCC)COP(=O)(O)OC1C(OC2OC(CO)C(O)C(O)C2O)C(O)C(O)C(OC(=O)CCCCCCCCCCCCCCCCCC)C1OC1OC(COC(=O)CCCCCCCCCCCCCCC)C(O)C(O)C1O. The largest absolute Gasteiger partial charge is 0.472 e. The second-order valence-corrected chi connectivity index (χ2v) is 36.4. The number of aliphatic hydroxyl groups is 9. The number of carbonyl (C=O) groups excluding carboxylic acids is 4. The molecule has 0 amide bonds. The predicted molar refractivity (Wildman–Crippen MR) is 463 cm³/mol. The minimum absolute atomic E-state index is 0.0199. The molecule has 0 radical (unpaired) electrons. The van der Waals surface area contributed by atoms with E-state index in [0.29, 0.717) is 32.1 Å². The van der Waals surface area contributed by atoms with E-state index in [1.807, 2.05) is 0 Å². The topological polar surface area (TPSA) is 380 Å². The number of esters is 4. The highest BCUT2D eigenvalue weighted by molar-refractivity contribution is 7.47. The van der Waals surface area contributed by atoms with Crippen molar-refractivity contribution in [2.45, 2.75) is 543 Å².